The third kappa shape index (κ3) is 5.27. The highest BCUT2D eigenvalue weighted by atomic mass is 35.5. The Morgan fingerprint density at radius 3 is 2.69 bits per heavy atom. The fourth-order valence-electron chi connectivity index (χ4n) is 3.08. The van der Waals surface area contributed by atoms with Crippen LogP contribution in [0, 0.1) is 0 Å². The minimum Gasteiger partial charge on any atom is -0.495 e. The van der Waals surface area contributed by atoms with Crippen LogP contribution in [0.15, 0.2) is 78.2 Å². The van der Waals surface area contributed by atoms with Crippen LogP contribution < -0.4 is 10.1 Å². The Morgan fingerprint density at radius 2 is 1.97 bits per heavy atom. The molecule has 0 atom stereocenters. The Labute approximate surface area is 194 Å². The summed E-state index contributed by atoms with van der Waals surface area (Å²) in [5, 5.41) is 12.6. The van der Waals surface area contributed by atoms with Crippen LogP contribution in [0.3, 0.4) is 0 Å². The van der Waals surface area contributed by atoms with Gasteiger partial charge in [-0.1, -0.05) is 53.7 Å². The van der Waals surface area contributed by atoms with Crippen LogP contribution in [0.4, 0.5) is 5.69 Å². The van der Waals surface area contributed by atoms with Crippen molar-refractivity contribution in [2.75, 3.05) is 18.2 Å². The van der Waals surface area contributed by atoms with Crippen molar-refractivity contribution in [2.24, 2.45) is 0 Å². The number of amides is 1. The Balaban J connectivity index is 1.51. The lowest BCUT2D eigenvalue weighted by Crippen LogP contribution is -2.15. The average molecular weight is 466 g/mol. The first-order valence-corrected chi connectivity index (χ1v) is 11.1. The minimum atomic E-state index is -0.173. The molecule has 7 nitrogen and oxygen atoms in total. The number of halogens is 1. The van der Waals surface area contributed by atoms with Crippen LogP contribution in [-0.2, 0) is 11.3 Å². The second-order valence-electron chi connectivity index (χ2n) is 6.81. The summed E-state index contributed by atoms with van der Waals surface area (Å²) in [4.78, 5) is 16.7. The van der Waals surface area contributed by atoms with E-state index in [1.54, 1.807) is 37.7 Å². The van der Waals surface area contributed by atoms with E-state index in [1.165, 1.54) is 11.8 Å². The molecule has 0 spiro atoms. The molecule has 32 heavy (non-hydrogen) atoms. The van der Waals surface area contributed by atoms with Gasteiger partial charge >= 0.3 is 0 Å². The topological polar surface area (TPSA) is 81.9 Å². The molecule has 2 aromatic heterocycles. The second-order valence-corrected chi connectivity index (χ2v) is 8.16. The van der Waals surface area contributed by atoms with Crippen molar-refractivity contribution in [3.8, 4) is 17.1 Å². The van der Waals surface area contributed by atoms with Crippen molar-refractivity contribution < 1.29 is 9.53 Å². The summed E-state index contributed by atoms with van der Waals surface area (Å²) in [6, 6.07) is 18.9. The molecule has 0 unspecified atom stereocenters. The highest BCUT2D eigenvalue weighted by molar-refractivity contribution is 7.99. The Kier molecular flexibility index (Phi) is 7.03. The van der Waals surface area contributed by atoms with Crippen LogP contribution in [0.2, 0.25) is 5.02 Å². The molecule has 0 aliphatic carbocycles. The molecule has 162 valence electrons. The molecule has 0 aliphatic heterocycles. The van der Waals surface area contributed by atoms with Gasteiger partial charge < -0.3 is 10.1 Å². The van der Waals surface area contributed by atoms with E-state index in [9.17, 15) is 4.79 Å². The highest BCUT2D eigenvalue weighted by Crippen LogP contribution is 2.28. The predicted molar refractivity (Wildman–Crippen MR) is 126 cm³/mol. The molecule has 0 radical (unpaired) electrons. The van der Waals surface area contributed by atoms with Gasteiger partial charge in [0.15, 0.2) is 11.0 Å². The van der Waals surface area contributed by atoms with Gasteiger partial charge in [-0.05, 0) is 35.9 Å². The molecule has 1 amide bonds. The molecule has 0 bridgehead atoms. The summed E-state index contributed by atoms with van der Waals surface area (Å²) in [6.07, 6.45) is 3.47. The summed E-state index contributed by atoms with van der Waals surface area (Å²) < 4.78 is 7.13. The molecule has 9 heteroatoms. The lowest BCUT2D eigenvalue weighted by molar-refractivity contribution is -0.113. The molecule has 1 N–H and O–H groups in total. The Bertz CT molecular complexity index is 1200. The lowest BCUT2D eigenvalue weighted by Gasteiger charge is -2.11. The number of hydrogen-bond acceptors (Lipinski definition) is 6. The number of anilines is 1. The quantitative estimate of drug-likeness (QED) is 0.377. The summed E-state index contributed by atoms with van der Waals surface area (Å²) in [7, 11) is 1.54. The number of rotatable bonds is 8. The normalized spacial score (nSPS) is 10.7. The molecule has 2 aromatic carbocycles. The third-order valence-electron chi connectivity index (χ3n) is 4.59. The molecule has 0 aliphatic rings. The van der Waals surface area contributed by atoms with Crippen LogP contribution in [-0.4, -0.2) is 38.5 Å². The van der Waals surface area contributed by atoms with Crippen LogP contribution in [0.25, 0.3) is 11.4 Å². The van der Waals surface area contributed by atoms with E-state index in [0.29, 0.717) is 34.0 Å². The number of ether oxygens (including phenoxy) is 1. The molecule has 0 fully saturated rings. The maximum absolute atomic E-state index is 12.5. The van der Waals surface area contributed by atoms with Crippen LogP contribution in [0.5, 0.6) is 5.75 Å². The maximum atomic E-state index is 12.5. The predicted octanol–water partition coefficient (Wildman–Crippen LogP) is 4.78. The van der Waals surface area contributed by atoms with Crippen molar-refractivity contribution in [3.05, 3.63) is 83.6 Å². The van der Waals surface area contributed by atoms with Gasteiger partial charge in [0.25, 0.3) is 0 Å². The van der Waals surface area contributed by atoms with Crippen molar-refractivity contribution >= 4 is 35.0 Å². The molecule has 0 saturated carbocycles. The average Bonchev–Trinajstić information content (AvgIpc) is 3.21. The molecule has 4 aromatic rings. The van der Waals surface area contributed by atoms with E-state index in [0.717, 1.165) is 11.1 Å². The van der Waals surface area contributed by atoms with Gasteiger partial charge in [0.2, 0.25) is 5.91 Å². The standard InChI is InChI=1S/C23H20ClN5O2S/c1-31-20-10-9-18(12-19(20)24)26-21(30)15-32-23-28-27-22(17-8-5-11-25-13-17)29(23)14-16-6-3-2-4-7-16/h2-13H,14-15H2,1H3,(H,26,30). The van der Waals surface area contributed by atoms with Crippen LogP contribution >= 0.6 is 23.4 Å². The molecular formula is C23H20ClN5O2S. The van der Waals surface area contributed by atoms with Gasteiger partial charge in [0, 0.05) is 23.6 Å². The number of aromatic nitrogens is 4. The highest BCUT2D eigenvalue weighted by Gasteiger charge is 2.16. The van der Waals surface area contributed by atoms with Crippen molar-refractivity contribution in [2.45, 2.75) is 11.7 Å². The smallest absolute Gasteiger partial charge is 0.234 e. The van der Waals surface area contributed by atoms with E-state index in [1.807, 2.05) is 47.0 Å². The number of pyridine rings is 1. The molecule has 0 saturated heterocycles. The zero-order valence-corrected chi connectivity index (χ0v) is 18.8. The van der Waals surface area contributed by atoms with Gasteiger partial charge in [0.05, 0.1) is 24.4 Å². The third-order valence-corrected chi connectivity index (χ3v) is 5.85. The number of benzene rings is 2. The van der Waals surface area contributed by atoms with Gasteiger partial charge in [0.1, 0.15) is 5.75 Å². The molecular weight excluding hydrogens is 446 g/mol. The number of methoxy groups -OCH3 is 1. The zero-order valence-electron chi connectivity index (χ0n) is 17.2. The summed E-state index contributed by atoms with van der Waals surface area (Å²) in [6.45, 7) is 0.579. The minimum absolute atomic E-state index is 0.170. The van der Waals surface area contributed by atoms with Crippen LogP contribution in [0.1, 0.15) is 5.56 Å². The lowest BCUT2D eigenvalue weighted by atomic mass is 10.2. The first kappa shape index (κ1) is 21.9. The number of thioether (sulfide) groups is 1. The summed E-state index contributed by atoms with van der Waals surface area (Å²) in [5.41, 5.74) is 2.57. The largest absolute Gasteiger partial charge is 0.495 e. The maximum Gasteiger partial charge on any atom is 0.234 e. The van der Waals surface area contributed by atoms with Gasteiger partial charge in [-0.3, -0.25) is 14.3 Å². The van der Waals surface area contributed by atoms with E-state index < -0.39 is 0 Å². The summed E-state index contributed by atoms with van der Waals surface area (Å²) in [5.74, 6) is 1.25. The SMILES string of the molecule is COc1ccc(NC(=O)CSc2nnc(-c3cccnc3)n2Cc2ccccc2)cc1Cl. The van der Waals surface area contributed by atoms with Gasteiger partial charge in [-0.15, -0.1) is 10.2 Å². The van der Waals surface area contributed by atoms with Crippen molar-refractivity contribution in [1.82, 2.24) is 19.7 Å². The number of nitrogens with zero attached hydrogens (tertiary/aromatic N) is 4. The van der Waals surface area contributed by atoms with Crippen molar-refractivity contribution in [3.63, 3.8) is 0 Å². The fraction of sp³-hybridized carbons (Fsp3) is 0.130. The number of nitrogens with one attached hydrogen (secondary N) is 1. The second kappa shape index (κ2) is 10.3. The number of carbonyl (C=O) groups excluding carboxylic acids is 1. The summed E-state index contributed by atoms with van der Waals surface area (Å²) >= 11 is 7.46. The van der Waals surface area contributed by atoms with E-state index >= 15 is 0 Å². The first-order chi connectivity index (χ1) is 15.6. The Hall–Kier alpha value is -3.36. The van der Waals surface area contributed by atoms with E-state index in [2.05, 4.69) is 20.5 Å². The molecule has 2 heterocycles. The van der Waals surface area contributed by atoms with Crippen molar-refractivity contribution in [1.29, 1.82) is 0 Å². The Morgan fingerprint density at radius 1 is 1.12 bits per heavy atom. The van der Waals surface area contributed by atoms with E-state index in [-0.39, 0.29) is 11.7 Å². The molecule has 4 rings (SSSR count). The zero-order chi connectivity index (χ0) is 22.3. The van der Waals surface area contributed by atoms with Gasteiger partial charge in [-0.2, -0.15) is 0 Å². The first-order valence-electron chi connectivity index (χ1n) is 9.78. The number of hydrogen-bond donors (Lipinski definition) is 1. The monoisotopic (exact) mass is 465 g/mol. The number of carbonyl (C=O) groups is 1. The van der Waals surface area contributed by atoms with Gasteiger partial charge in [-0.25, -0.2) is 0 Å². The van der Waals surface area contributed by atoms with E-state index in [4.69, 9.17) is 16.3 Å². The fourth-order valence-corrected chi connectivity index (χ4v) is 4.08.